The molecule has 0 heterocycles. The van der Waals surface area contributed by atoms with Crippen LogP contribution in [-0.4, -0.2) is 16.7 Å². The maximum Gasteiger partial charge on any atom is 0.352 e. The molecule has 0 aliphatic carbocycles. The van der Waals surface area contributed by atoms with Crippen molar-refractivity contribution in [1.82, 2.24) is 0 Å². The Hall–Kier alpha value is -3.13. The molecule has 2 rings (SSSR count). The molecular formula is C22H22FNO3. The summed E-state index contributed by atoms with van der Waals surface area (Å²) in [6, 6.07) is 15.4. The predicted octanol–water partition coefficient (Wildman–Crippen LogP) is 5.27. The summed E-state index contributed by atoms with van der Waals surface area (Å²) in [5.41, 5.74) is 0.334. The summed E-state index contributed by atoms with van der Waals surface area (Å²) in [4.78, 5) is 12.1. The number of aliphatic hydroxyl groups excluding tert-OH is 1. The number of nitriles is 1. The molecule has 1 atom stereocenters. The summed E-state index contributed by atoms with van der Waals surface area (Å²) in [5.74, 6) is -2.55. The first kappa shape index (κ1) is 20.2. The van der Waals surface area contributed by atoms with E-state index in [0.29, 0.717) is 11.1 Å². The molecule has 1 N–H and O–H groups in total. The van der Waals surface area contributed by atoms with E-state index >= 15 is 0 Å². The minimum absolute atomic E-state index is 0.433. The molecule has 140 valence electrons. The van der Waals surface area contributed by atoms with Gasteiger partial charge in [0.2, 0.25) is 0 Å². The van der Waals surface area contributed by atoms with Crippen molar-refractivity contribution in [1.29, 1.82) is 5.26 Å². The van der Waals surface area contributed by atoms with E-state index in [9.17, 15) is 19.6 Å². The van der Waals surface area contributed by atoms with Crippen molar-refractivity contribution in [2.24, 2.45) is 0 Å². The summed E-state index contributed by atoms with van der Waals surface area (Å²) in [6.45, 7) is 6.59. The Balaban J connectivity index is 2.36. The monoisotopic (exact) mass is 367 g/mol. The summed E-state index contributed by atoms with van der Waals surface area (Å²) in [7, 11) is 0. The van der Waals surface area contributed by atoms with Crippen LogP contribution in [0.25, 0.3) is 11.1 Å². The fraction of sp³-hybridized carbons (Fsp3) is 0.273. The van der Waals surface area contributed by atoms with Crippen LogP contribution in [0.5, 0.6) is 0 Å². The summed E-state index contributed by atoms with van der Waals surface area (Å²) in [6.07, 6.45) is 0. The Bertz CT molecular complexity index is 905. The minimum atomic E-state index is -0.907. The van der Waals surface area contributed by atoms with Gasteiger partial charge in [0.15, 0.2) is 5.57 Å². The first-order chi connectivity index (χ1) is 12.6. The van der Waals surface area contributed by atoms with Crippen LogP contribution in [-0.2, 0) is 9.53 Å². The number of carbonyl (C=O) groups is 1. The number of halogens is 1. The average molecular weight is 367 g/mol. The lowest BCUT2D eigenvalue weighted by atomic mass is 9.93. The first-order valence-electron chi connectivity index (χ1n) is 8.55. The second-order valence-electron chi connectivity index (χ2n) is 7.20. The van der Waals surface area contributed by atoms with Crippen molar-refractivity contribution >= 4 is 5.97 Å². The van der Waals surface area contributed by atoms with E-state index in [-0.39, 0.29) is 0 Å². The summed E-state index contributed by atoms with van der Waals surface area (Å²) < 4.78 is 19.7. The van der Waals surface area contributed by atoms with Gasteiger partial charge in [-0.2, -0.15) is 5.26 Å². The van der Waals surface area contributed by atoms with Gasteiger partial charge < -0.3 is 9.84 Å². The quantitative estimate of drug-likeness (QED) is 0.346. The highest BCUT2D eigenvalue weighted by Crippen LogP contribution is 2.30. The number of carbonyl (C=O) groups excluding carboxylic acids is 1. The smallest absolute Gasteiger partial charge is 0.352 e. The highest BCUT2D eigenvalue weighted by molar-refractivity contribution is 5.93. The lowest BCUT2D eigenvalue weighted by molar-refractivity contribution is -0.149. The lowest BCUT2D eigenvalue weighted by Crippen LogP contribution is -2.25. The van der Waals surface area contributed by atoms with Crippen LogP contribution in [0.1, 0.15) is 39.2 Å². The number of hydrogen-bond donors (Lipinski definition) is 1. The number of allylic oxidation sites excluding steroid dienone is 1. The molecule has 0 amide bonds. The van der Waals surface area contributed by atoms with Gasteiger partial charge in [0.05, 0.1) is 0 Å². The standard InChI is InChI=1S/C22H22FNO3/c1-14(20(25)18(13-24)21(26)27-22(2,3)4)16-10-11-17(19(23)12-16)15-8-6-5-7-9-15/h5-12,14,25H,1-4H3. The molecule has 0 fully saturated rings. The van der Waals surface area contributed by atoms with Crippen molar-refractivity contribution < 1.29 is 19.0 Å². The van der Waals surface area contributed by atoms with Crippen LogP contribution < -0.4 is 0 Å². The third-order valence-electron chi connectivity index (χ3n) is 3.96. The predicted molar refractivity (Wildman–Crippen MR) is 101 cm³/mol. The summed E-state index contributed by atoms with van der Waals surface area (Å²) in [5, 5.41) is 19.7. The fourth-order valence-corrected chi connectivity index (χ4v) is 2.56. The minimum Gasteiger partial charge on any atom is -0.510 e. The number of esters is 1. The van der Waals surface area contributed by atoms with Gasteiger partial charge in [0.25, 0.3) is 0 Å². The van der Waals surface area contributed by atoms with E-state index in [2.05, 4.69) is 0 Å². The van der Waals surface area contributed by atoms with Crippen LogP contribution in [0, 0.1) is 17.1 Å². The van der Waals surface area contributed by atoms with E-state index in [1.54, 1.807) is 58.0 Å². The van der Waals surface area contributed by atoms with E-state index in [4.69, 9.17) is 4.74 Å². The zero-order valence-electron chi connectivity index (χ0n) is 15.8. The molecular weight excluding hydrogens is 345 g/mol. The van der Waals surface area contributed by atoms with Gasteiger partial charge in [0.1, 0.15) is 23.2 Å². The number of nitrogens with zero attached hydrogens (tertiary/aromatic N) is 1. The summed E-state index contributed by atoms with van der Waals surface area (Å²) >= 11 is 0. The molecule has 0 saturated carbocycles. The molecule has 0 saturated heterocycles. The molecule has 1 unspecified atom stereocenters. The van der Waals surface area contributed by atoms with Gasteiger partial charge in [-0.1, -0.05) is 49.4 Å². The highest BCUT2D eigenvalue weighted by Gasteiger charge is 2.26. The van der Waals surface area contributed by atoms with Gasteiger partial charge in [-0.25, -0.2) is 9.18 Å². The van der Waals surface area contributed by atoms with Crippen LogP contribution >= 0.6 is 0 Å². The van der Waals surface area contributed by atoms with Crippen molar-refractivity contribution in [3.05, 3.63) is 71.2 Å². The highest BCUT2D eigenvalue weighted by atomic mass is 19.1. The van der Waals surface area contributed by atoms with Crippen LogP contribution in [0.2, 0.25) is 0 Å². The molecule has 0 spiro atoms. The number of benzene rings is 2. The Morgan fingerprint density at radius 3 is 2.33 bits per heavy atom. The van der Waals surface area contributed by atoms with Gasteiger partial charge in [-0.05, 0) is 38.0 Å². The topological polar surface area (TPSA) is 70.3 Å². The maximum atomic E-state index is 14.6. The second kappa shape index (κ2) is 8.05. The average Bonchev–Trinajstić information content (AvgIpc) is 2.60. The molecule has 0 aliphatic heterocycles. The Labute approximate surface area is 158 Å². The Morgan fingerprint density at radius 2 is 1.81 bits per heavy atom. The third-order valence-corrected chi connectivity index (χ3v) is 3.96. The normalized spacial score (nSPS) is 13.3. The van der Waals surface area contributed by atoms with E-state index in [1.165, 1.54) is 6.07 Å². The number of hydrogen-bond acceptors (Lipinski definition) is 4. The lowest BCUT2D eigenvalue weighted by Gasteiger charge is -2.20. The molecule has 2 aromatic rings. The van der Waals surface area contributed by atoms with Crippen molar-refractivity contribution in [3.8, 4) is 17.2 Å². The van der Waals surface area contributed by atoms with E-state index < -0.39 is 34.6 Å². The van der Waals surface area contributed by atoms with Gasteiger partial charge in [-0.15, -0.1) is 0 Å². The Kier molecular flexibility index (Phi) is 6.02. The van der Waals surface area contributed by atoms with E-state index in [0.717, 1.165) is 5.56 Å². The van der Waals surface area contributed by atoms with Gasteiger partial charge in [0, 0.05) is 11.5 Å². The molecule has 0 aliphatic rings. The molecule has 27 heavy (non-hydrogen) atoms. The molecule has 5 heteroatoms. The van der Waals surface area contributed by atoms with Gasteiger partial charge in [-0.3, -0.25) is 0 Å². The van der Waals surface area contributed by atoms with Crippen molar-refractivity contribution in [2.75, 3.05) is 0 Å². The van der Waals surface area contributed by atoms with Crippen molar-refractivity contribution in [3.63, 3.8) is 0 Å². The fourth-order valence-electron chi connectivity index (χ4n) is 2.56. The molecule has 2 aromatic carbocycles. The van der Waals surface area contributed by atoms with Crippen LogP contribution in [0.15, 0.2) is 59.9 Å². The molecule has 0 radical (unpaired) electrons. The zero-order chi connectivity index (χ0) is 20.2. The zero-order valence-corrected chi connectivity index (χ0v) is 15.8. The third kappa shape index (κ3) is 4.95. The van der Waals surface area contributed by atoms with Gasteiger partial charge >= 0.3 is 5.97 Å². The second-order valence-corrected chi connectivity index (χ2v) is 7.20. The molecule has 0 bridgehead atoms. The Morgan fingerprint density at radius 1 is 1.19 bits per heavy atom. The maximum absolute atomic E-state index is 14.6. The molecule has 4 nitrogen and oxygen atoms in total. The number of aliphatic hydroxyl groups is 1. The van der Waals surface area contributed by atoms with E-state index in [1.807, 2.05) is 18.2 Å². The number of ether oxygens (including phenoxy) is 1. The first-order valence-corrected chi connectivity index (χ1v) is 8.55. The van der Waals surface area contributed by atoms with Crippen LogP contribution in [0.4, 0.5) is 4.39 Å². The van der Waals surface area contributed by atoms with Crippen LogP contribution in [0.3, 0.4) is 0 Å². The SMILES string of the molecule is CC(C(O)=C(C#N)C(=O)OC(C)(C)C)c1ccc(-c2ccccc2)c(F)c1. The number of rotatable bonds is 4. The van der Waals surface area contributed by atoms with Crippen molar-refractivity contribution in [2.45, 2.75) is 39.2 Å². The largest absolute Gasteiger partial charge is 0.510 e. The molecule has 0 aromatic heterocycles.